The molecule has 0 aliphatic carbocycles. The third-order valence-electron chi connectivity index (χ3n) is 3.76. The number of rotatable bonds is 3. The lowest BCUT2D eigenvalue weighted by molar-refractivity contribution is -0.130. The highest BCUT2D eigenvalue weighted by Crippen LogP contribution is 2.30. The zero-order valence-corrected chi connectivity index (χ0v) is 12.3. The Balaban J connectivity index is 1.43. The highest BCUT2D eigenvalue weighted by molar-refractivity contribution is 5.82. The molecule has 1 aliphatic rings. The van der Waals surface area contributed by atoms with Gasteiger partial charge in [0.05, 0.1) is 11.7 Å². The number of nitrogens with one attached hydrogen (secondary N) is 1. The lowest BCUT2D eigenvalue weighted by atomic mass is 10.2. The van der Waals surface area contributed by atoms with Crippen LogP contribution < -0.4 is 14.8 Å². The highest BCUT2D eigenvalue weighted by Gasteiger charge is 2.27. The molecule has 1 N–H and O–H groups in total. The molecule has 23 heavy (non-hydrogen) atoms. The zero-order chi connectivity index (χ0) is 15.6. The average molecular weight is 309 g/mol. The number of fused-ring (bicyclic) bond motifs is 2. The Kier molecular flexibility index (Phi) is 3.34. The lowest BCUT2D eigenvalue weighted by Gasteiger charge is -2.25. The van der Waals surface area contributed by atoms with Crippen LogP contribution in [0.5, 0.6) is 11.5 Å². The first-order chi connectivity index (χ1) is 11.3. The van der Waals surface area contributed by atoms with Gasteiger partial charge in [-0.2, -0.15) is 5.10 Å². The SMILES string of the molecule is O=C(NCc1cnn2ccccc12)C1COc2ccccc2O1. The van der Waals surface area contributed by atoms with Crippen molar-refractivity contribution < 1.29 is 14.3 Å². The first kappa shape index (κ1) is 13.6. The number of hydrogen-bond donors (Lipinski definition) is 1. The number of amides is 1. The van der Waals surface area contributed by atoms with Crippen LogP contribution in [0.2, 0.25) is 0 Å². The number of carbonyl (C=O) groups excluding carboxylic acids is 1. The van der Waals surface area contributed by atoms with Gasteiger partial charge in [-0.15, -0.1) is 0 Å². The van der Waals surface area contributed by atoms with E-state index >= 15 is 0 Å². The Morgan fingerprint density at radius 2 is 2.04 bits per heavy atom. The molecule has 1 aliphatic heterocycles. The molecule has 1 unspecified atom stereocenters. The smallest absolute Gasteiger partial charge is 0.264 e. The Morgan fingerprint density at radius 1 is 1.22 bits per heavy atom. The number of ether oxygens (including phenoxy) is 2. The molecule has 0 bridgehead atoms. The van der Waals surface area contributed by atoms with Gasteiger partial charge in [-0.1, -0.05) is 18.2 Å². The molecule has 6 nitrogen and oxygen atoms in total. The van der Waals surface area contributed by atoms with Gasteiger partial charge in [0, 0.05) is 18.3 Å². The van der Waals surface area contributed by atoms with Crippen molar-refractivity contribution in [3.63, 3.8) is 0 Å². The molecule has 0 saturated carbocycles. The van der Waals surface area contributed by atoms with Crippen LogP contribution in [0.3, 0.4) is 0 Å². The maximum Gasteiger partial charge on any atom is 0.264 e. The molecule has 1 amide bonds. The number of aromatic nitrogens is 2. The standard InChI is InChI=1S/C17H15N3O3/c21-17(16-11-22-14-6-1-2-7-15(14)23-16)18-9-12-10-19-20-8-4-3-5-13(12)20/h1-8,10,16H,9,11H2,(H,18,21). The molecule has 0 radical (unpaired) electrons. The van der Waals surface area contributed by atoms with Gasteiger partial charge in [0.25, 0.3) is 5.91 Å². The van der Waals surface area contributed by atoms with Crippen LogP contribution in [-0.2, 0) is 11.3 Å². The molecule has 4 rings (SSSR count). The number of hydrogen-bond acceptors (Lipinski definition) is 4. The Labute approximate surface area is 132 Å². The fourth-order valence-corrected chi connectivity index (χ4v) is 2.57. The second kappa shape index (κ2) is 5.64. The minimum atomic E-state index is -0.647. The number of para-hydroxylation sites is 2. The van der Waals surface area contributed by atoms with Crippen molar-refractivity contribution in [2.45, 2.75) is 12.6 Å². The van der Waals surface area contributed by atoms with Crippen molar-refractivity contribution in [1.82, 2.24) is 14.9 Å². The van der Waals surface area contributed by atoms with Crippen LogP contribution in [0, 0.1) is 0 Å². The van der Waals surface area contributed by atoms with E-state index in [1.807, 2.05) is 42.6 Å². The van der Waals surface area contributed by atoms with E-state index in [4.69, 9.17) is 9.47 Å². The van der Waals surface area contributed by atoms with Crippen LogP contribution in [0.15, 0.2) is 54.9 Å². The van der Waals surface area contributed by atoms with E-state index in [2.05, 4.69) is 10.4 Å². The molecule has 1 atom stereocenters. The van der Waals surface area contributed by atoms with Crippen molar-refractivity contribution >= 4 is 11.4 Å². The van der Waals surface area contributed by atoms with Crippen LogP contribution in [0.25, 0.3) is 5.52 Å². The van der Waals surface area contributed by atoms with Gasteiger partial charge in [0.15, 0.2) is 11.5 Å². The quantitative estimate of drug-likeness (QED) is 0.801. The third-order valence-corrected chi connectivity index (χ3v) is 3.76. The van der Waals surface area contributed by atoms with E-state index < -0.39 is 6.10 Å². The summed E-state index contributed by atoms with van der Waals surface area (Å²) in [4.78, 5) is 12.3. The summed E-state index contributed by atoms with van der Waals surface area (Å²) in [5.74, 6) is 1.06. The first-order valence-corrected chi connectivity index (χ1v) is 7.39. The molecular weight excluding hydrogens is 294 g/mol. The van der Waals surface area contributed by atoms with E-state index in [9.17, 15) is 4.79 Å². The van der Waals surface area contributed by atoms with E-state index in [1.54, 1.807) is 16.8 Å². The summed E-state index contributed by atoms with van der Waals surface area (Å²) < 4.78 is 13.0. The fraction of sp³-hybridized carbons (Fsp3) is 0.176. The predicted octanol–water partition coefficient (Wildman–Crippen LogP) is 1.79. The Morgan fingerprint density at radius 3 is 2.96 bits per heavy atom. The molecule has 3 heterocycles. The highest BCUT2D eigenvalue weighted by atomic mass is 16.6. The number of carbonyl (C=O) groups is 1. The lowest BCUT2D eigenvalue weighted by Crippen LogP contribution is -2.43. The molecule has 0 saturated heterocycles. The van der Waals surface area contributed by atoms with Crippen molar-refractivity contribution in [3.8, 4) is 11.5 Å². The molecule has 116 valence electrons. The van der Waals surface area contributed by atoms with Crippen LogP contribution in [0.4, 0.5) is 0 Å². The maximum absolute atomic E-state index is 12.3. The monoisotopic (exact) mass is 309 g/mol. The van der Waals surface area contributed by atoms with Crippen molar-refractivity contribution in [3.05, 3.63) is 60.4 Å². The molecule has 0 spiro atoms. The molecular formula is C17H15N3O3. The summed E-state index contributed by atoms with van der Waals surface area (Å²) in [7, 11) is 0. The van der Waals surface area contributed by atoms with E-state index in [0.29, 0.717) is 18.0 Å². The zero-order valence-electron chi connectivity index (χ0n) is 12.3. The first-order valence-electron chi connectivity index (χ1n) is 7.39. The van der Waals surface area contributed by atoms with Gasteiger partial charge in [-0.05, 0) is 24.3 Å². The van der Waals surface area contributed by atoms with Crippen molar-refractivity contribution in [2.75, 3.05) is 6.61 Å². The predicted molar refractivity (Wildman–Crippen MR) is 83.4 cm³/mol. The largest absolute Gasteiger partial charge is 0.485 e. The minimum Gasteiger partial charge on any atom is -0.485 e. The maximum atomic E-state index is 12.3. The van der Waals surface area contributed by atoms with Crippen LogP contribution in [-0.4, -0.2) is 28.2 Å². The average Bonchev–Trinajstić information content (AvgIpc) is 3.02. The van der Waals surface area contributed by atoms with Gasteiger partial charge < -0.3 is 14.8 Å². The summed E-state index contributed by atoms with van der Waals surface area (Å²) in [5, 5.41) is 7.13. The molecule has 0 fully saturated rings. The molecule has 1 aromatic carbocycles. The summed E-state index contributed by atoms with van der Waals surface area (Å²) in [6.07, 6.45) is 2.98. The normalized spacial score (nSPS) is 16.3. The van der Waals surface area contributed by atoms with Gasteiger partial charge in [0.1, 0.15) is 6.61 Å². The Hall–Kier alpha value is -3.02. The molecule has 2 aromatic heterocycles. The minimum absolute atomic E-state index is 0.199. The van der Waals surface area contributed by atoms with Gasteiger partial charge >= 0.3 is 0 Å². The molecule has 3 aromatic rings. The summed E-state index contributed by atoms with van der Waals surface area (Å²) in [6, 6.07) is 13.1. The van der Waals surface area contributed by atoms with E-state index in [1.165, 1.54) is 0 Å². The fourth-order valence-electron chi connectivity index (χ4n) is 2.57. The van der Waals surface area contributed by atoms with Crippen molar-refractivity contribution in [1.29, 1.82) is 0 Å². The van der Waals surface area contributed by atoms with E-state index in [0.717, 1.165) is 11.1 Å². The Bertz CT molecular complexity index is 859. The number of benzene rings is 1. The van der Waals surface area contributed by atoms with Gasteiger partial charge in [-0.3, -0.25) is 4.79 Å². The topological polar surface area (TPSA) is 64.9 Å². The number of nitrogens with zero attached hydrogens (tertiary/aromatic N) is 2. The third kappa shape index (κ3) is 2.59. The van der Waals surface area contributed by atoms with Gasteiger partial charge in [0.2, 0.25) is 6.10 Å². The number of pyridine rings is 1. The van der Waals surface area contributed by atoms with E-state index in [-0.39, 0.29) is 12.5 Å². The summed E-state index contributed by atoms with van der Waals surface area (Å²) >= 11 is 0. The van der Waals surface area contributed by atoms with Crippen LogP contribution in [0.1, 0.15) is 5.56 Å². The second-order valence-corrected chi connectivity index (χ2v) is 5.28. The summed E-state index contributed by atoms with van der Waals surface area (Å²) in [5.41, 5.74) is 1.93. The second-order valence-electron chi connectivity index (χ2n) is 5.28. The van der Waals surface area contributed by atoms with Crippen molar-refractivity contribution in [2.24, 2.45) is 0 Å². The van der Waals surface area contributed by atoms with Gasteiger partial charge in [-0.25, -0.2) is 4.52 Å². The molecule has 6 heteroatoms. The summed E-state index contributed by atoms with van der Waals surface area (Å²) in [6.45, 7) is 0.603. The van der Waals surface area contributed by atoms with Crippen LogP contribution >= 0.6 is 0 Å².